The molecular weight excluding hydrogens is 382 g/mol. The van der Waals surface area contributed by atoms with Crippen LogP contribution in [0.3, 0.4) is 0 Å². The van der Waals surface area contributed by atoms with Crippen molar-refractivity contribution in [1.82, 2.24) is 14.9 Å². The van der Waals surface area contributed by atoms with Crippen LogP contribution in [0.15, 0.2) is 21.7 Å². The van der Waals surface area contributed by atoms with Gasteiger partial charge in [-0.25, -0.2) is 0 Å². The lowest BCUT2D eigenvalue weighted by Crippen LogP contribution is -2.00. The third-order valence-electron chi connectivity index (χ3n) is 2.89. The number of methoxy groups -OCH3 is 1. The van der Waals surface area contributed by atoms with E-state index in [9.17, 15) is 0 Å². The highest BCUT2D eigenvalue weighted by atomic mass is 79.9. The number of hydrogen-bond acceptors (Lipinski definition) is 6. The topological polar surface area (TPSA) is 88.2 Å². The molecule has 120 valence electrons. The lowest BCUT2D eigenvalue weighted by atomic mass is 10.2. The standard InChI is InChI=1S/C14H14BrN5O2S/c1-3-12-18-19-14(23)20(12)17-8-9-6-10(15)13(22-5-4-16)11(7-9)21-2/h6-8H,3,5H2,1-2H3,(H,19,23)/b17-8-. The number of halogens is 1. The molecule has 0 aliphatic rings. The Morgan fingerprint density at radius 3 is 3.00 bits per heavy atom. The van der Waals surface area contributed by atoms with Crippen LogP contribution >= 0.6 is 28.1 Å². The second-order valence-corrected chi connectivity index (χ2v) is 5.58. The predicted octanol–water partition coefficient (Wildman–Crippen LogP) is 3.06. The minimum absolute atomic E-state index is 0.0631. The summed E-state index contributed by atoms with van der Waals surface area (Å²) in [4.78, 5) is 0. The second-order valence-electron chi connectivity index (χ2n) is 4.34. The van der Waals surface area contributed by atoms with Crippen molar-refractivity contribution in [2.45, 2.75) is 13.3 Å². The fourth-order valence-electron chi connectivity index (χ4n) is 1.86. The van der Waals surface area contributed by atoms with Crippen molar-refractivity contribution < 1.29 is 9.47 Å². The normalized spacial score (nSPS) is 10.7. The SMILES string of the molecule is CCc1n[nH]c(=S)n1/N=C\c1cc(Br)c(OCC#N)c(OC)c1. The zero-order valence-corrected chi connectivity index (χ0v) is 14.9. The summed E-state index contributed by atoms with van der Waals surface area (Å²) in [6.07, 6.45) is 2.35. The Morgan fingerprint density at radius 1 is 1.57 bits per heavy atom. The molecule has 0 fully saturated rings. The lowest BCUT2D eigenvalue weighted by molar-refractivity contribution is 0.327. The third kappa shape index (κ3) is 3.97. The summed E-state index contributed by atoms with van der Waals surface area (Å²) in [5.74, 6) is 1.72. The third-order valence-corrected chi connectivity index (χ3v) is 3.74. The molecule has 1 heterocycles. The van der Waals surface area contributed by atoms with Crippen LogP contribution in [0.25, 0.3) is 0 Å². The van der Waals surface area contributed by atoms with Gasteiger partial charge in [0.1, 0.15) is 6.07 Å². The first-order valence-corrected chi connectivity index (χ1v) is 7.88. The van der Waals surface area contributed by atoms with Gasteiger partial charge in [-0.1, -0.05) is 6.92 Å². The minimum Gasteiger partial charge on any atom is -0.493 e. The van der Waals surface area contributed by atoms with E-state index >= 15 is 0 Å². The van der Waals surface area contributed by atoms with Gasteiger partial charge >= 0.3 is 0 Å². The van der Waals surface area contributed by atoms with Gasteiger partial charge in [0.05, 0.1) is 17.8 Å². The molecule has 1 aromatic heterocycles. The minimum atomic E-state index is -0.0631. The molecule has 0 atom stereocenters. The average Bonchev–Trinajstić information content (AvgIpc) is 2.91. The van der Waals surface area contributed by atoms with E-state index in [-0.39, 0.29) is 6.61 Å². The zero-order chi connectivity index (χ0) is 16.8. The summed E-state index contributed by atoms with van der Waals surface area (Å²) >= 11 is 8.55. The molecular formula is C14H14BrN5O2S. The molecule has 0 aliphatic carbocycles. The van der Waals surface area contributed by atoms with Gasteiger partial charge in [0, 0.05) is 6.42 Å². The molecule has 2 aromatic rings. The van der Waals surface area contributed by atoms with Crippen LogP contribution in [0, 0.1) is 16.1 Å². The van der Waals surface area contributed by atoms with Crippen LogP contribution in [-0.4, -0.2) is 34.8 Å². The Bertz CT molecular complexity index is 822. The van der Waals surface area contributed by atoms with Crippen LogP contribution in [0.1, 0.15) is 18.3 Å². The molecule has 0 aliphatic heterocycles. The number of nitrogens with zero attached hydrogens (tertiary/aromatic N) is 4. The summed E-state index contributed by atoms with van der Waals surface area (Å²) in [5.41, 5.74) is 0.781. The monoisotopic (exact) mass is 395 g/mol. The van der Waals surface area contributed by atoms with E-state index in [1.165, 1.54) is 7.11 Å². The Kier molecular flexibility index (Phi) is 5.90. The highest BCUT2D eigenvalue weighted by molar-refractivity contribution is 9.10. The fourth-order valence-corrected chi connectivity index (χ4v) is 2.63. The van der Waals surface area contributed by atoms with Crippen LogP contribution in [0.5, 0.6) is 11.5 Å². The van der Waals surface area contributed by atoms with Crippen molar-refractivity contribution in [3.05, 3.63) is 32.8 Å². The fraction of sp³-hybridized carbons (Fsp3) is 0.286. The number of aromatic amines is 1. The number of aromatic nitrogens is 3. The van der Waals surface area contributed by atoms with Crippen molar-refractivity contribution in [2.75, 3.05) is 13.7 Å². The maximum Gasteiger partial charge on any atom is 0.216 e. The zero-order valence-electron chi connectivity index (χ0n) is 12.5. The number of benzene rings is 1. The first-order chi connectivity index (χ1) is 11.1. The summed E-state index contributed by atoms with van der Waals surface area (Å²) in [7, 11) is 1.53. The van der Waals surface area contributed by atoms with Gasteiger partial charge < -0.3 is 9.47 Å². The summed E-state index contributed by atoms with van der Waals surface area (Å²) in [6, 6.07) is 5.50. The van der Waals surface area contributed by atoms with Gasteiger partial charge in [-0.15, -0.1) is 0 Å². The average molecular weight is 396 g/mol. The van der Waals surface area contributed by atoms with E-state index in [0.717, 1.165) is 11.4 Å². The first kappa shape index (κ1) is 17.2. The molecule has 0 unspecified atom stereocenters. The predicted molar refractivity (Wildman–Crippen MR) is 91.6 cm³/mol. The molecule has 9 heteroatoms. The molecule has 0 amide bonds. The maximum atomic E-state index is 8.63. The molecule has 7 nitrogen and oxygen atoms in total. The molecule has 0 spiro atoms. The molecule has 23 heavy (non-hydrogen) atoms. The molecule has 0 radical (unpaired) electrons. The van der Waals surface area contributed by atoms with E-state index in [1.807, 2.05) is 19.1 Å². The maximum absolute atomic E-state index is 8.63. The van der Waals surface area contributed by atoms with Crippen molar-refractivity contribution in [3.63, 3.8) is 0 Å². The highest BCUT2D eigenvalue weighted by Crippen LogP contribution is 2.36. The smallest absolute Gasteiger partial charge is 0.216 e. The van der Waals surface area contributed by atoms with Gasteiger partial charge in [-0.05, 0) is 45.8 Å². The van der Waals surface area contributed by atoms with Crippen molar-refractivity contribution in [3.8, 4) is 17.6 Å². The number of ether oxygens (including phenoxy) is 2. The molecule has 1 N–H and O–H groups in total. The highest BCUT2D eigenvalue weighted by Gasteiger charge is 2.11. The van der Waals surface area contributed by atoms with Crippen molar-refractivity contribution in [1.29, 1.82) is 5.26 Å². The van der Waals surface area contributed by atoms with E-state index in [1.54, 1.807) is 17.0 Å². The number of hydrogen-bond donors (Lipinski definition) is 1. The van der Waals surface area contributed by atoms with E-state index in [4.69, 9.17) is 27.0 Å². The molecule has 0 bridgehead atoms. The van der Waals surface area contributed by atoms with E-state index in [2.05, 4.69) is 31.2 Å². The quantitative estimate of drug-likeness (QED) is 0.599. The number of H-pyrrole nitrogens is 1. The van der Waals surface area contributed by atoms with Gasteiger partial charge in [-0.2, -0.15) is 20.1 Å². The summed E-state index contributed by atoms with van der Waals surface area (Å²) in [6.45, 7) is 1.91. The van der Waals surface area contributed by atoms with E-state index in [0.29, 0.717) is 27.2 Å². The Morgan fingerprint density at radius 2 is 2.35 bits per heavy atom. The summed E-state index contributed by atoms with van der Waals surface area (Å²) < 4.78 is 13.3. The molecule has 0 saturated carbocycles. The molecule has 2 rings (SSSR count). The van der Waals surface area contributed by atoms with Crippen LogP contribution in [-0.2, 0) is 6.42 Å². The Balaban J connectivity index is 2.36. The Hall–Kier alpha value is -2.18. The van der Waals surface area contributed by atoms with Gasteiger partial charge in [0.2, 0.25) is 4.77 Å². The second kappa shape index (κ2) is 7.89. The van der Waals surface area contributed by atoms with Crippen molar-refractivity contribution in [2.24, 2.45) is 5.10 Å². The van der Waals surface area contributed by atoms with Gasteiger partial charge in [-0.3, -0.25) is 5.10 Å². The molecule has 0 saturated heterocycles. The molecule has 1 aromatic carbocycles. The van der Waals surface area contributed by atoms with Crippen molar-refractivity contribution >= 4 is 34.4 Å². The lowest BCUT2D eigenvalue weighted by Gasteiger charge is -2.11. The van der Waals surface area contributed by atoms with Gasteiger partial charge in [0.15, 0.2) is 23.9 Å². The van der Waals surface area contributed by atoms with Crippen LogP contribution in [0.4, 0.5) is 0 Å². The number of rotatable bonds is 6. The van der Waals surface area contributed by atoms with Crippen LogP contribution < -0.4 is 9.47 Å². The van der Waals surface area contributed by atoms with Gasteiger partial charge in [0.25, 0.3) is 0 Å². The Labute approximate surface area is 146 Å². The first-order valence-electron chi connectivity index (χ1n) is 6.68. The van der Waals surface area contributed by atoms with E-state index < -0.39 is 0 Å². The number of aryl methyl sites for hydroxylation is 1. The van der Waals surface area contributed by atoms with Crippen LogP contribution in [0.2, 0.25) is 0 Å². The number of nitrogens with one attached hydrogen (secondary N) is 1. The summed E-state index contributed by atoms with van der Waals surface area (Å²) in [5, 5.41) is 19.8. The largest absolute Gasteiger partial charge is 0.493 e. The number of nitriles is 1.